The Labute approximate surface area is 213 Å². The maximum atomic E-state index is 14.9. The first-order chi connectivity index (χ1) is 17.7. The van der Waals surface area contributed by atoms with Crippen LogP contribution in [0.4, 0.5) is 17.6 Å². The summed E-state index contributed by atoms with van der Waals surface area (Å²) in [5.74, 6) is -0.628. The highest BCUT2D eigenvalue weighted by Crippen LogP contribution is 2.30. The summed E-state index contributed by atoms with van der Waals surface area (Å²) >= 11 is 0. The molecule has 1 aromatic heterocycles. The van der Waals surface area contributed by atoms with Crippen molar-refractivity contribution in [1.82, 2.24) is 19.6 Å². The van der Waals surface area contributed by atoms with E-state index in [2.05, 4.69) is 10.00 Å². The number of aryl methyl sites for hydroxylation is 1. The van der Waals surface area contributed by atoms with Crippen LogP contribution in [-0.2, 0) is 12.7 Å². The molecule has 0 radical (unpaired) electrons. The number of piperazine rings is 1. The molecule has 37 heavy (non-hydrogen) atoms. The Kier molecular flexibility index (Phi) is 6.90. The first-order valence-corrected chi connectivity index (χ1v) is 12.4. The van der Waals surface area contributed by atoms with E-state index in [1.165, 1.54) is 25.0 Å². The van der Waals surface area contributed by atoms with Crippen LogP contribution in [0.15, 0.2) is 54.6 Å². The van der Waals surface area contributed by atoms with E-state index in [9.17, 15) is 22.4 Å². The minimum atomic E-state index is -4.44. The molecule has 1 aliphatic carbocycles. The smallest absolute Gasteiger partial charge is 0.336 e. The molecule has 194 valence electrons. The van der Waals surface area contributed by atoms with Crippen LogP contribution in [0.3, 0.4) is 0 Å². The van der Waals surface area contributed by atoms with Gasteiger partial charge in [0.2, 0.25) is 0 Å². The van der Waals surface area contributed by atoms with Gasteiger partial charge in [0.25, 0.3) is 5.91 Å². The molecule has 9 heteroatoms. The average molecular weight is 513 g/mol. The molecule has 2 aromatic carbocycles. The van der Waals surface area contributed by atoms with Crippen LogP contribution in [0.25, 0.3) is 11.9 Å². The number of carbonyl (C=O) groups is 1. The summed E-state index contributed by atoms with van der Waals surface area (Å²) in [5, 5.41) is 4.35. The van der Waals surface area contributed by atoms with Crippen LogP contribution in [0.5, 0.6) is 0 Å². The molecule has 0 atom stereocenters. The van der Waals surface area contributed by atoms with Crippen molar-refractivity contribution >= 4 is 17.8 Å². The summed E-state index contributed by atoms with van der Waals surface area (Å²) in [6, 6.07) is 14.0. The van der Waals surface area contributed by atoms with Gasteiger partial charge in [0.15, 0.2) is 5.83 Å². The molecular weight excluding hydrogens is 484 g/mol. The van der Waals surface area contributed by atoms with Gasteiger partial charge < -0.3 is 4.90 Å². The van der Waals surface area contributed by atoms with Gasteiger partial charge in [0, 0.05) is 43.5 Å². The molecule has 0 unspecified atom stereocenters. The first kappa shape index (κ1) is 25.2. The third-order valence-electron chi connectivity index (χ3n) is 6.93. The molecule has 0 bridgehead atoms. The van der Waals surface area contributed by atoms with Crippen molar-refractivity contribution in [3.63, 3.8) is 0 Å². The van der Waals surface area contributed by atoms with Crippen LogP contribution in [0.2, 0.25) is 0 Å². The van der Waals surface area contributed by atoms with Gasteiger partial charge in [-0.1, -0.05) is 24.3 Å². The van der Waals surface area contributed by atoms with Crippen molar-refractivity contribution in [3.05, 3.63) is 88.2 Å². The summed E-state index contributed by atoms with van der Waals surface area (Å²) in [5.41, 5.74) is 1.83. The number of aromatic nitrogens is 2. The normalized spacial score (nSPS) is 17.3. The van der Waals surface area contributed by atoms with Gasteiger partial charge in [-0.3, -0.25) is 14.4 Å². The number of benzene rings is 2. The standard InChI is InChI=1S/C28H28F4N4O/c1-19-15-26(25(29)17-20-5-7-23(8-6-20)28(30,31)32)33-36(19)18-21-3-2-4-22(16-21)27(37)35-13-11-34(12-14-35)24-9-10-24/h2-8,15-17,24H,9-14,18H2,1H3. The summed E-state index contributed by atoms with van der Waals surface area (Å²) in [6.45, 7) is 5.44. The quantitative estimate of drug-likeness (QED) is 0.401. The third kappa shape index (κ3) is 5.93. The van der Waals surface area contributed by atoms with E-state index in [0.717, 1.165) is 55.6 Å². The lowest BCUT2D eigenvalue weighted by Crippen LogP contribution is -2.49. The third-order valence-corrected chi connectivity index (χ3v) is 6.93. The Morgan fingerprint density at radius 2 is 1.73 bits per heavy atom. The Morgan fingerprint density at radius 1 is 1.03 bits per heavy atom. The van der Waals surface area contributed by atoms with E-state index < -0.39 is 17.6 Å². The van der Waals surface area contributed by atoms with Crippen LogP contribution in [-0.4, -0.2) is 57.7 Å². The van der Waals surface area contributed by atoms with Crippen molar-refractivity contribution in [3.8, 4) is 0 Å². The zero-order valence-electron chi connectivity index (χ0n) is 20.5. The SMILES string of the molecule is Cc1cc(C(F)=Cc2ccc(C(F)(F)F)cc2)nn1Cc1cccc(C(=O)N2CCN(C3CC3)CC2)c1. The fraction of sp³-hybridized carbons (Fsp3) is 0.357. The van der Waals surface area contributed by atoms with Crippen LogP contribution in [0, 0.1) is 6.92 Å². The van der Waals surface area contributed by atoms with E-state index in [1.807, 2.05) is 29.2 Å². The summed E-state index contributed by atoms with van der Waals surface area (Å²) in [6.07, 6.45) is -0.753. The molecule has 1 saturated carbocycles. The molecule has 5 nitrogen and oxygen atoms in total. The maximum absolute atomic E-state index is 14.9. The lowest BCUT2D eigenvalue weighted by molar-refractivity contribution is -0.137. The zero-order valence-corrected chi connectivity index (χ0v) is 20.5. The average Bonchev–Trinajstić information content (AvgIpc) is 3.67. The van der Waals surface area contributed by atoms with Crippen molar-refractivity contribution in [2.45, 2.75) is 38.5 Å². The molecule has 0 N–H and O–H groups in total. The van der Waals surface area contributed by atoms with Crippen LogP contribution >= 0.6 is 0 Å². The monoisotopic (exact) mass is 512 g/mol. The fourth-order valence-corrected chi connectivity index (χ4v) is 4.66. The molecule has 3 aromatic rings. The molecule has 1 aliphatic heterocycles. The van der Waals surface area contributed by atoms with Gasteiger partial charge >= 0.3 is 6.18 Å². The van der Waals surface area contributed by atoms with Crippen molar-refractivity contribution in [1.29, 1.82) is 0 Å². The van der Waals surface area contributed by atoms with E-state index in [1.54, 1.807) is 17.7 Å². The first-order valence-electron chi connectivity index (χ1n) is 12.4. The van der Waals surface area contributed by atoms with E-state index in [0.29, 0.717) is 23.7 Å². The van der Waals surface area contributed by atoms with Crippen molar-refractivity contribution < 1.29 is 22.4 Å². The van der Waals surface area contributed by atoms with Gasteiger partial charge in [0.1, 0.15) is 5.69 Å². The summed E-state index contributed by atoms with van der Waals surface area (Å²) in [4.78, 5) is 17.4. The predicted octanol–water partition coefficient (Wildman–Crippen LogP) is 5.65. The lowest BCUT2D eigenvalue weighted by Gasteiger charge is -2.34. The second kappa shape index (κ2) is 10.1. The number of hydrogen-bond donors (Lipinski definition) is 0. The number of alkyl halides is 3. The van der Waals surface area contributed by atoms with E-state index >= 15 is 0 Å². The highest BCUT2D eigenvalue weighted by molar-refractivity contribution is 5.94. The van der Waals surface area contributed by atoms with E-state index in [-0.39, 0.29) is 11.6 Å². The number of halogens is 4. The van der Waals surface area contributed by atoms with Crippen LogP contribution < -0.4 is 0 Å². The molecule has 1 saturated heterocycles. The molecular formula is C28H28F4N4O. The molecule has 0 spiro atoms. The second-order valence-corrected chi connectivity index (χ2v) is 9.70. The number of rotatable bonds is 6. The Hall–Kier alpha value is -3.46. The van der Waals surface area contributed by atoms with Crippen molar-refractivity contribution in [2.75, 3.05) is 26.2 Å². The number of hydrogen-bond acceptors (Lipinski definition) is 3. The highest BCUT2D eigenvalue weighted by atomic mass is 19.4. The lowest BCUT2D eigenvalue weighted by atomic mass is 10.1. The highest BCUT2D eigenvalue weighted by Gasteiger charge is 2.32. The van der Waals surface area contributed by atoms with Gasteiger partial charge in [-0.25, -0.2) is 4.39 Å². The molecule has 2 fully saturated rings. The number of nitrogens with zero attached hydrogens (tertiary/aromatic N) is 4. The minimum absolute atomic E-state index is 0.0145. The fourth-order valence-electron chi connectivity index (χ4n) is 4.66. The Bertz CT molecular complexity index is 1300. The topological polar surface area (TPSA) is 41.4 Å². The van der Waals surface area contributed by atoms with Crippen LogP contribution in [0.1, 0.15) is 51.3 Å². The van der Waals surface area contributed by atoms with E-state index in [4.69, 9.17) is 0 Å². The predicted molar refractivity (Wildman–Crippen MR) is 133 cm³/mol. The zero-order chi connectivity index (χ0) is 26.2. The minimum Gasteiger partial charge on any atom is -0.336 e. The van der Waals surface area contributed by atoms with Gasteiger partial charge in [-0.05, 0) is 67.3 Å². The Morgan fingerprint density at radius 3 is 2.38 bits per heavy atom. The largest absolute Gasteiger partial charge is 0.416 e. The maximum Gasteiger partial charge on any atom is 0.416 e. The molecule has 5 rings (SSSR count). The summed E-state index contributed by atoms with van der Waals surface area (Å²) in [7, 11) is 0. The Balaban J connectivity index is 1.26. The number of amides is 1. The van der Waals surface area contributed by atoms with Gasteiger partial charge in [0.05, 0.1) is 12.1 Å². The van der Waals surface area contributed by atoms with Gasteiger partial charge in [-0.2, -0.15) is 18.3 Å². The second-order valence-electron chi connectivity index (χ2n) is 9.70. The van der Waals surface area contributed by atoms with Crippen molar-refractivity contribution in [2.24, 2.45) is 0 Å². The molecule has 2 aliphatic rings. The van der Waals surface area contributed by atoms with Gasteiger partial charge in [-0.15, -0.1) is 0 Å². The number of carbonyl (C=O) groups excluding carboxylic acids is 1. The molecule has 2 heterocycles. The summed E-state index contributed by atoms with van der Waals surface area (Å²) < 4.78 is 54.8. The molecule has 1 amide bonds.